The Balaban J connectivity index is 1.49. The molecule has 1 atom stereocenters. The Bertz CT molecular complexity index is 1180. The first-order valence-corrected chi connectivity index (χ1v) is 10.0. The highest BCUT2D eigenvalue weighted by molar-refractivity contribution is 9.10. The van der Waals surface area contributed by atoms with Crippen LogP contribution < -0.4 is 0 Å². The van der Waals surface area contributed by atoms with Gasteiger partial charge >= 0.3 is 0 Å². The van der Waals surface area contributed by atoms with E-state index < -0.39 is 0 Å². The molecule has 6 heteroatoms. The molecule has 140 valence electrons. The van der Waals surface area contributed by atoms with Gasteiger partial charge in [0.05, 0.1) is 17.8 Å². The number of carbonyl (C=O) groups excluding carboxylic acids is 1. The first-order valence-electron chi connectivity index (χ1n) is 9.23. The van der Waals surface area contributed by atoms with E-state index in [0.29, 0.717) is 12.2 Å². The third-order valence-corrected chi connectivity index (χ3v) is 5.89. The van der Waals surface area contributed by atoms with E-state index in [1.165, 1.54) is 11.1 Å². The molecule has 1 amide bonds. The minimum atomic E-state index is -0.0404. The zero-order chi connectivity index (χ0) is 19.3. The summed E-state index contributed by atoms with van der Waals surface area (Å²) in [6.07, 6.45) is 4.34. The van der Waals surface area contributed by atoms with E-state index in [-0.39, 0.29) is 11.9 Å². The number of rotatable bonds is 2. The number of halogens is 1. The van der Waals surface area contributed by atoms with Crippen molar-refractivity contribution in [1.82, 2.24) is 14.5 Å². The highest BCUT2D eigenvalue weighted by atomic mass is 79.9. The summed E-state index contributed by atoms with van der Waals surface area (Å²) in [7, 11) is 0. The molecule has 1 aliphatic rings. The Kier molecular flexibility index (Phi) is 4.09. The predicted octanol–water partition coefficient (Wildman–Crippen LogP) is 5.12. The van der Waals surface area contributed by atoms with Crippen LogP contribution in [0.5, 0.6) is 0 Å². The van der Waals surface area contributed by atoms with Crippen molar-refractivity contribution in [3.63, 3.8) is 0 Å². The van der Waals surface area contributed by atoms with E-state index in [0.717, 1.165) is 27.7 Å². The van der Waals surface area contributed by atoms with Gasteiger partial charge in [0.15, 0.2) is 5.69 Å². The lowest BCUT2D eigenvalue weighted by molar-refractivity contribution is 0.0671. The fraction of sp³-hybridized carbons (Fsp3) is 0.182. The number of aromatic nitrogens is 2. The number of fused-ring (bicyclic) bond motifs is 2. The Hall–Kier alpha value is -2.86. The van der Waals surface area contributed by atoms with Crippen LogP contribution in [0.3, 0.4) is 0 Å². The van der Waals surface area contributed by atoms with Crippen molar-refractivity contribution >= 4 is 27.4 Å². The maximum absolute atomic E-state index is 13.2. The molecule has 4 aromatic rings. The fourth-order valence-corrected chi connectivity index (χ4v) is 4.35. The largest absolute Gasteiger partial charge is 0.464 e. The number of hydrogen-bond acceptors (Lipinski definition) is 3. The lowest BCUT2D eigenvalue weighted by Gasteiger charge is -2.35. The molecular formula is C22H18BrN3O2. The van der Waals surface area contributed by atoms with Crippen LogP contribution in [0.1, 0.15) is 34.6 Å². The van der Waals surface area contributed by atoms with Crippen LogP contribution in [0.25, 0.3) is 16.8 Å². The summed E-state index contributed by atoms with van der Waals surface area (Å²) in [5.74, 6) is 0.830. The van der Waals surface area contributed by atoms with Gasteiger partial charge in [-0.2, -0.15) is 5.10 Å². The smallest absolute Gasteiger partial charge is 0.274 e. The summed E-state index contributed by atoms with van der Waals surface area (Å²) in [5, 5.41) is 4.48. The Morgan fingerprint density at radius 2 is 2.11 bits per heavy atom. The van der Waals surface area contributed by atoms with E-state index >= 15 is 0 Å². The number of nitrogens with zero attached hydrogens (tertiary/aromatic N) is 3. The quantitative estimate of drug-likeness (QED) is 0.439. The molecule has 0 N–H and O–H groups in total. The maximum atomic E-state index is 13.2. The van der Waals surface area contributed by atoms with Gasteiger partial charge in [-0.15, -0.1) is 0 Å². The Morgan fingerprint density at radius 3 is 2.93 bits per heavy atom. The molecule has 28 heavy (non-hydrogen) atoms. The molecule has 5 rings (SSSR count). The lowest BCUT2D eigenvalue weighted by Crippen LogP contribution is -2.39. The van der Waals surface area contributed by atoms with Crippen LogP contribution in [0.2, 0.25) is 0 Å². The minimum absolute atomic E-state index is 0.0253. The average molecular weight is 436 g/mol. The second-order valence-electron chi connectivity index (χ2n) is 7.02. The van der Waals surface area contributed by atoms with E-state index in [1.807, 2.05) is 47.5 Å². The van der Waals surface area contributed by atoms with Gasteiger partial charge < -0.3 is 9.32 Å². The molecule has 0 spiro atoms. The van der Waals surface area contributed by atoms with Gasteiger partial charge in [0.2, 0.25) is 0 Å². The monoisotopic (exact) mass is 435 g/mol. The van der Waals surface area contributed by atoms with Gasteiger partial charge in [-0.05, 0) is 70.7 Å². The first-order chi connectivity index (χ1) is 13.6. The maximum Gasteiger partial charge on any atom is 0.274 e. The van der Waals surface area contributed by atoms with Crippen molar-refractivity contribution in [2.24, 2.45) is 0 Å². The molecular weight excluding hydrogens is 418 g/mol. The van der Waals surface area contributed by atoms with Crippen molar-refractivity contribution in [2.45, 2.75) is 19.4 Å². The molecule has 0 saturated carbocycles. The molecule has 5 nitrogen and oxygen atoms in total. The number of pyridine rings is 1. The van der Waals surface area contributed by atoms with Crippen LogP contribution in [0.4, 0.5) is 0 Å². The van der Waals surface area contributed by atoms with Gasteiger partial charge in [-0.25, -0.2) is 4.52 Å². The summed E-state index contributed by atoms with van der Waals surface area (Å²) < 4.78 is 8.27. The molecule has 1 aliphatic heterocycles. The number of hydrogen-bond donors (Lipinski definition) is 0. The van der Waals surface area contributed by atoms with Crippen molar-refractivity contribution in [1.29, 1.82) is 0 Å². The second-order valence-corrected chi connectivity index (χ2v) is 7.94. The van der Waals surface area contributed by atoms with E-state index in [2.05, 4.69) is 40.1 Å². The van der Waals surface area contributed by atoms with Crippen LogP contribution in [0, 0.1) is 0 Å². The summed E-state index contributed by atoms with van der Waals surface area (Å²) in [5.41, 5.74) is 4.90. The Labute approximate surface area is 170 Å². The SMILES string of the molecule is CC1c2cccc(-c3ccco3)c2CCN1C(=O)c1cc2ccc(Br)cn2n1. The molecule has 1 unspecified atom stereocenters. The summed E-state index contributed by atoms with van der Waals surface area (Å²) in [6.45, 7) is 2.73. The van der Waals surface area contributed by atoms with Gasteiger partial charge in [0, 0.05) is 22.8 Å². The molecule has 1 aromatic carbocycles. The fourth-order valence-electron chi connectivity index (χ4n) is 4.02. The number of amides is 1. The van der Waals surface area contributed by atoms with Gasteiger partial charge in [-0.1, -0.05) is 18.2 Å². The minimum Gasteiger partial charge on any atom is -0.464 e. The summed E-state index contributed by atoms with van der Waals surface area (Å²) >= 11 is 3.44. The van der Waals surface area contributed by atoms with Gasteiger partial charge in [0.1, 0.15) is 5.76 Å². The zero-order valence-electron chi connectivity index (χ0n) is 15.3. The molecule has 4 heterocycles. The topological polar surface area (TPSA) is 50.8 Å². The van der Waals surface area contributed by atoms with Crippen molar-refractivity contribution < 1.29 is 9.21 Å². The molecule has 3 aromatic heterocycles. The van der Waals surface area contributed by atoms with Crippen molar-refractivity contribution in [2.75, 3.05) is 6.54 Å². The zero-order valence-corrected chi connectivity index (χ0v) is 16.9. The van der Waals surface area contributed by atoms with Gasteiger partial charge in [0.25, 0.3) is 5.91 Å². The Morgan fingerprint density at radius 1 is 1.21 bits per heavy atom. The van der Waals surface area contributed by atoms with E-state index in [1.54, 1.807) is 10.8 Å². The number of furan rings is 1. The average Bonchev–Trinajstić information content (AvgIpc) is 3.37. The van der Waals surface area contributed by atoms with Crippen molar-refractivity contribution in [3.8, 4) is 11.3 Å². The highest BCUT2D eigenvalue weighted by Gasteiger charge is 2.31. The number of carbonyl (C=O) groups is 1. The normalized spacial score (nSPS) is 16.4. The molecule has 0 radical (unpaired) electrons. The summed E-state index contributed by atoms with van der Waals surface area (Å²) in [6, 6.07) is 15.8. The lowest BCUT2D eigenvalue weighted by atomic mass is 9.88. The second kappa shape index (κ2) is 6.63. The molecule has 0 bridgehead atoms. The van der Waals surface area contributed by atoms with E-state index in [9.17, 15) is 4.79 Å². The van der Waals surface area contributed by atoms with Gasteiger partial charge in [-0.3, -0.25) is 4.79 Å². The molecule has 0 aliphatic carbocycles. The predicted molar refractivity (Wildman–Crippen MR) is 110 cm³/mol. The van der Waals surface area contributed by atoms with Crippen LogP contribution in [-0.2, 0) is 6.42 Å². The third-order valence-electron chi connectivity index (χ3n) is 5.42. The highest BCUT2D eigenvalue weighted by Crippen LogP contribution is 2.36. The number of benzene rings is 1. The van der Waals surface area contributed by atoms with Crippen LogP contribution in [-0.4, -0.2) is 27.0 Å². The first kappa shape index (κ1) is 17.3. The van der Waals surface area contributed by atoms with Crippen LogP contribution >= 0.6 is 15.9 Å². The summed E-state index contributed by atoms with van der Waals surface area (Å²) in [4.78, 5) is 15.1. The van der Waals surface area contributed by atoms with Crippen molar-refractivity contribution in [3.05, 3.63) is 82.3 Å². The molecule has 0 saturated heterocycles. The van der Waals surface area contributed by atoms with Crippen LogP contribution in [0.15, 0.2) is 69.9 Å². The standard InChI is InChI=1S/C22H18BrN3O2/c1-14-17-4-2-5-19(21-6-3-11-28-21)18(17)9-10-25(14)22(27)20-12-16-8-7-15(23)13-26(16)24-20/h2-8,11-14H,9-10H2,1H3. The van der Waals surface area contributed by atoms with E-state index in [4.69, 9.17) is 4.42 Å². The third kappa shape index (κ3) is 2.76. The molecule has 0 fully saturated rings.